The Hall–Kier alpha value is -2.26. The van der Waals surface area contributed by atoms with E-state index in [0.717, 1.165) is 36.1 Å². The van der Waals surface area contributed by atoms with Gasteiger partial charge < -0.3 is 14.6 Å². The minimum atomic E-state index is -4.45. The van der Waals surface area contributed by atoms with Crippen LogP contribution in [0.4, 0.5) is 24.8 Å². The number of carbonyl (C=O) groups excluding carboxylic acids is 1. The number of carbonyl (C=O) groups is 1. The molecule has 0 saturated carbocycles. The highest BCUT2D eigenvalue weighted by Gasteiger charge is 2.31. The Labute approximate surface area is 216 Å². The monoisotopic (exact) mass is 573 g/mol. The lowest BCUT2D eigenvalue weighted by molar-refractivity contribution is -0.143. The zero-order valence-corrected chi connectivity index (χ0v) is 22.1. The molecule has 0 saturated heterocycles. The highest BCUT2D eigenvalue weighted by Crippen LogP contribution is 2.38. The minimum Gasteiger partial charge on any atom is -0.466 e. The van der Waals surface area contributed by atoms with Crippen molar-refractivity contribution in [2.45, 2.75) is 65.1 Å². The van der Waals surface area contributed by atoms with Crippen LogP contribution in [0.25, 0.3) is 11.0 Å². The zero-order valence-electron chi connectivity index (χ0n) is 19.8. The third-order valence-corrected chi connectivity index (χ3v) is 6.87. The van der Waals surface area contributed by atoms with Crippen LogP contribution in [-0.4, -0.2) is 22.1 Å². The number of imidazole rings is 1. The molecule has 10 heteroatoms. The van der Waals surface area contributed by atoms with Crippen molar-refractivity contribution in [1.82, 2.24) is 9.55 Å². The molecule has 1 aromatic heterocycles. The van der Waals surface area contributed by atoms with Crippen LogP contribution in [-0.2, 0) is 22.3 Å². The standard InChI is InChI=1S/C25H28BrClF3N3O2/c1-4-15(5-2)17-10-11-19(27)22-23(17)33(13-7-8-21(34)35-6-3)24(32-22)31-20-12-9-16(14-18(20)26)25(28,29)30/h9-12,14-15H,4-8,13H2,1-3H3,(H,31,32). The largest absolute Gasteiger partial charge is 0.466 e. The number of aryl methyl sites for hydroxylation is 1. The van der Waals surface area contributed by atoms with E-state index in [1.165, 1.54) is 6.07 Å². The number of fused-ring (bicyclic) bond motifs is 1. The van der Waals surface area contributed by atoms with Crippen molar-refractivity contribution in [2.24, 2.45) is 0 Å². The summed E-state index contributed by atoms with van der Waals surface area (Å²) in [6.45, 7) is 6.76. The van der Waals surface area contributed by atoms with Gasteiger partial charge in [0.1, 0.15) is 5.52 Å². The van der Waals surface area contributed by atoms with Crippen molar-refractivity contribution in [3.63, 3.8) is 0 Å². The van der Waals surface area contributed by atoms with Gasteiger partial charge in [0.2, 0.25) is 5.95 Å². The van der Waals surface area contributed by atoms with Crippen LogP contribution in [0.15, 0.2) is 34.8 Å². The smallest absolute Gasteiger partial charge is 0.416 e. The third-order valence-electron chi connectivity index (χ3n) is 5.91. The summed E-state index contributed by atoms with van der Waals surface area (Å²) in [7, 11) is 0. The van der Waals surface area contributed by atoms with E-state index in [4.69, 9.17) is 21.3 Å². The average Bonchev–Trinajstić information content (AvgIpc) is 3.16. The first-order valence-electron chi connectivity index (χ1n) is 11.6. The number of hydrogen-bond donors (Lipinski definition) is 1. The minimum absolute atomic E-state index is 0.234. The lowest BCUT2D eigenvalue weighted by Crippen LogP contribution is -2.10. The molecule has 0 aliphatic rings. The number of esters is 1. The number of halogens is 5. The summed E-state index contributed by atoms with van der Waals surface area (Å²) in [6, 6.07) is 7.23. The van der Waals surface area contributed by atoms with Crippen LogP contribution in [0.2, 0.25) is 5.02 Å². The summed E-state index contributed by atoms with van der Waals surface area (Å²) in [5, 5.41) is 3.64. The van der Waals surface area contributed by atoms with E-state index >= 15 is 0 Å². The number of nitrogens with one attached hydrogen (secondary N) is 1. The van der Waals surface area contributed by atoms with E-state index in [-0.39, 0.29) is 22.8 Å². The van der Waals surface area contributed by atoms with Crippen molar-refractivity contribution in [3.8, 4) is 0 Å². The van der Waals surface area contributed by atoms with Gasteiger partial charge in [-0.25, -0.2) is 4.98 Å². The molecule has 0 aliphatic heterocycles. The van der Waals surface area contributed by atoms with Crippen molar-refractivity contribution in [2.75, 3.05) is 11.9 Å². The second-order valence-corrected chi connectivity index (χ2v) is 9.42. The molecule has 190 valence electrons. The molecule has 0 fully saturated rings. The Kier molecular flexibility index (Phi) is 9.10. The van der Waals surface area contributed by atoms with Gasteiger partial charge in [-0.1, -0.05) is 31.5 Å². The maximum atomic E-state index is 13.1. The molecule has 1 N–H and O–H groups in total. The highest BCUT2D eigenvalue weighted by atomic mass is 79.9. The Morgan fingerprint density at radius 2 is 1.91 bits per heavy atom. The Morgan fingerprint density at radius 1 is 1.20 bits per heavy atom. The molecule has 0 unspecified atom stereocenters. The first kappa shape index (κ1) is 27.3. The topological polar surface area (TPSA) is 56.1 Å². The molecule has 0 bridgehead atoms. The fourth-order valence-electron chi connectivity index (χ4n) is 4.13. The second kappa shape index (κ2) is 11.6. The third kappa shape index (κ3) is 6.30. The van der Waals surface area contributed by atoms with Crippen LogP contribution in [0, 0.1) is 0 Å². The maximum Gasteiger partial charge on any atom is 0.416 e. The molecular weight excluding hydrogens is 547 g/mol. The molecule has 0 atom stereocenters. The summed E-state index contributed by atoms with van der Waals surface area (Å²) >= 11 is 9.77. The Balaban J connectivity index is 2.08. The number of hydrogen-bond acceptors (Lipinski definition) is 4. The van der Waals surface area contributed by atoms with Crippen LogP contribution in [0.3, 0.4) is 0 Å². The van der Waals surface area contributed by atoms with Crippen molar-refractivity contribution in [3.05, 3.63) is 51.0 Å². The molecule has 5 nitrogen and oxygen atoms in total. The molecule has 1 heterocycles. The van der Waals surface area contributed by atoms with Crippen LogP contribution in [0.1, 0.15) is 63.5 Å². The number of alkyl halides is 3. The maximum absolute atomic E-state index is 13.1. The van der Waals surface area contributed by atoms with Crippen LogP contribution < -0.4 is 5.32 Å². The molecule has 0 amide bonds. The second-order valence-electron chi connectivity index (χ2n) is 8.16. The van der Waals surface area contributed by atoms with Gasteiger partial charge in [-0.05, 0) is 77.9 Å². The van der Waals surface area contributed by atoms with E-state index in [1.807, 2.05) is 16.7 Å². The summed E-state index contributed by atoms with van der Waals surface area (Å²) in [4.78, 5) is 16.6. The van der Waals surface area contributed by atoms with Crippen molar-refractivity contribution < 1.29 is 22.7 Å². The Morgan fingerprint density at radius 3 is 2.51 bits per heavy atom. The van der Waals surface area contributed by atoms with E-state index < -0.39 is 11.7 Å². The molecule has 2 aromatic carbocycles. The van der Waals surface area contributed by atoms with Crippen molar-refractivity contribution >= 4 is 56.2 Å². The number of anilines is 2. The number of aromatic nitrogens is 2. The molecule has 0 spiro atoms. The number of rotatable bonds is 10. The normalized spacial score (nSPS) is 11.9. The van der Waals surface area contributed by atoms with Crippen LogP contribution >= 0.6 is 27.5 Å². The van der Waals surface area contributed by atoms with Gasteiger partial charge in [-0.3, -0.25) is 4.79 Å². The zero-order chi connectivity index (χ0) is 25.8. The predicted octanol–water partition coefficient (Wildman–Crippen LogP) is 8.46. The number of ether oxygens (including phenoxy) is 1. The molecular formula is C25H28BrClF3N3O2. The van der Waals surface area contributed by atoms with Gasteiger partial charge in [0, 0.05) is 17.4 Å². The van der Waals surface area contributed by atoms with Gasteiger partial charge in [-0.15, -0.1) is 0 Å². The fourth-order valence-corrected chi connectivity index (χ4v) is 4.80. The van der Waals surface area contributed by atoms with Gasteiger partial charge in [0.15, 0.2) is 0 Å². The van der Waals surface area contributed by atoms with E-state index in [1.54, 1.807) is 6.92 Å². The van der Waals surface area contributed by atoms with E-state index in [2.05, 4.69) is 35.1 Å². The summed E-state index contributed by atoms with van der Waals surface area (Å²) in [6.07, 6.45) is -1.86. The summed E-state index contributed by atoms with van der Waals surface area (Å²) in [5.74, 6) is 0.431. The first-order valence-corrected chi connectivity index (χ1v) is 12.8. The lowest BCUT2D eigenvalue weighted by atomic mass is 9.93. The molecule has 3 aromatic rings. The van der Waals surface area contributed by atoms with Gasteiger partial charge in [0.05, 0.1) is 28.4 Å². The van der Waals surface area contributed by atoms with Gasteiger partial charge in [-0.2, -0.15) is 13.2 Å². The molecule has 35 heavy (non-hydrogen) atoms. The average molecular weight is 575 g/mol. The summed E-state index contributed by atoms with van der Waals surface area (Å²) < 4.78 is 46.6. The molecule has 0 radical (unpaired) electrons. The van der Waals surface area contributed by atoms with E-state index in [9.17, 15) is 18.0 Å². The lowest BCUT2D eigenvalue weighted by Gasteiger charge is -2.18. The van der Waals surface area contributed by atoms with E-state index in [0.29, 0.717) is 41.7 Å². The highest BCUT2D eigenvalue weighted by molar-refractivity contribution is 9.10. The Bertz CT molecular complexity index is 1190. The fraction of sp³-hybridized carbons (Fsp3) is 0.440. The van der Waals surface area contributed by atoms with Gasteiger partial charge in [0.25, 0.3) is 0 Å². The number of benzene rings is 2. The predicted molar refractivity (Wildman–Crippen MR) is 136 cm³/mol. The van der Waals surface area contributed by atoms with Crippen LogP contribution in [0.5, 0.6) is 0 Å². The van der Waals surface area contributed by atoms with Gasteiger partial charge >= 0.3 is 12.1 Å². The SMILES string of the molecule is CCOC(=O)CCCn1c(Nc2ccc(C(F)(F)F)cc2Br)nc2c(Cl)ccc(C(CC)CC)c21. The number of nitrogens with zero attached hydrogens (tertiary/aromatic N) is 2. The molecule has 3 rings (SSSR count). The first-order chi connectivity index (χ1) is 16.6. The summed E-state index contributed by atoms with van der Waals surface area (Å²) in [5.41, 5.74) is 2.24. The quantitative estimate of drug-likeness (QED) is 0.247. The van der Waals surface area contributed by atoms with Crippen molar-refractivity contribution in [1.29, 1.82) is 0 Å². The molecule has 0 aliphatic carbocycles.